The highest BCUT2D eigenvalue weighted by Gasteiger charge is 2.20. The summed E-state index contributed by atoms with van der Waals surface area (Å²) in [4.78, 5) is 27.1. The molecule has 25 heavy (non-hydrogen) atoms. The molecule has 0 unspecified atom stereocenters. The summed E-state index contributed by atoms with van der Waals surface area (Å²) in [5.74, 6) is -1.26. The number of nitrogens with one attached hydrogen (secondary N) is 1. The zero-order chi connectivity index (χ0) is 18.6. The van der Waals surface area contributed by atoms with Crippen molar-refractivity contribution in [2.45, 2.75) is 45.4 Å². The highest BCUT2D eigenvalue weighted by molar-refractivity contribution is 5.94. The predicted octanol–water partition coefficient (Wildman–Crippen LogP) is 3.17. The number of benzene rings is 1. The molecule has 0 atom stereocenters. The fraction of sp³-hybridized carbons (Fsp3) is 0.412. The molecule has 0 saturated carbocycles. The van der Waals surface area contributed by atoms with E-state index in [9.17, 15) is 14.0 Å². The van der Waals surface area contributed by atoms with E-state index >= 15 is 0 Å². The molecule has 0 fully saturated rings. The molecular weight excluding hydrogens is 329 g/mol. The normalized spacial score (nSPS) is 11.4. The highest BCUT2D eigenvalue weighted by atomic mass is 19.1. The first-order valence-electron chi connectivity index (χ1n) is 7.82. The number of aromatic nitrogens is 2. The number of halogens is 1. The fourth-order valence-corrected chi connectivity index (χ4v) is 2.03. The molecule has 0 aliphatic rings. The molecule has 1 aromatic heterocycles. The Labute approximate surface area is 144 Å². The van der Waals surface area contributed by atoms with Gasteiger partial charge >= 0.3 is 5.97 Å². The Bertz CT molecular complexity index is 780. The second kappa shape index (κ2) is 7.42. The Morgan fingerprint density at radius 2 is 2.04 bits per heavy atom. The highest BCUT2D eigenvalue weighted by Crippen LogP contribution is 2.19. The molecule has 0 radical (unpaired) electrons. The van der Waals surface area contributed by atoms with E-state index in [2.05, 4.69) is 15.5 Å². The van der Waals surface area contributed by atoms with Crippen molar-refractivity contribution in [2.24, 2.45) is 0 Å². The van der Waals surface area contributed by atoms with Crippen LogP contribution in [0, 0.1) is 5.82 Å². The minimum Gasteiger partial charge on any atom is -0.478 e. The standard InChI is InChI=1S/C17H20FN3O4/c1-17(2,3)16-20-14(25-21-16)6-4-5-13(22)19-12-9-10(15(23)24)7-8-11(12)18/h7-9H,4-6H2,1-3H3,(H,19,22)(H,23,24). The topological polar surface area (TPSA) is 105 Å². The van der Waals surface area contributed by atoms with Crippen LogP contribution in [0.4, 0.5) is 10.1 Å². The van der Waals surface area contributed by atoms with Gasteiger partial charge in [0.15, 0.2) is 5.82 Å². The average Bonchev–Trinajstić information content (AvgIpc) is 2.98. The second-order valence-electron chi connectivity index (χ2n) is 6.66. The molecule has 0 spiro atoms. The van der Waals surface area contributed by atoms with Gasteiger partial charge in [0.05, 0.1) is 11.3 Å². The number of carbonyl (C=O) groups is 2. The van der Waals surface area contributed by atoms with Gasteiger partial charge in [0.25, 0.3) is 0 Å². The third-order valence-corrected chi connectivity index (χ3v) is 3.42. The summed E-state index contributed by atoms with van der Waals surface area (Å²) in [6.07, 6.45) is 0.982. The summed E-state index contributed by atoms with van der Waals surface area (Å²) in [6.45, 7) is 5.90. The van der Waals surface area contributed by atoms with Crippen molar-refractivity contribution in [3.05, 3.63) is 41.3 Å². The van der Waals surface area contributed by atoms with E-state index in [1.807, 2.05) is 20.8 Å². The molecule has 1 heterocycles. The summed E-state index contributed by atoms with van der Waals surface area (Å²) < 4.78 is 18.8. The number of hydrogen-bond acceptors (Lipinski definition) is 5. The van der Waals surface area contributed by atoms with Crippen LogP contribution in [0.5, 0.6) is 0 Å². The maximum atomic E-state index is 13.7. The van der Waals surface area contributed by atoms with E-state index in [0.717, 1.165) is 18.2 Å². The first-order chi connectivity index (χ1) is 11.7. The van der Waals surface area contributed by atoms with Crippen LogP contribution in [0.15, 0.2) is 22.7 Å². The van der Waals surface area contributed by atoms with E-state index in [0.29, 0.717) is 24.6 Å². The third kappa shape index (κ3) is 5.10. The predicted molar refractivity (Wildman–Crippen MR) is 87.9 cm³/mol. The average molecular weight is 349 g/mol. The molecule has 0 aliphatic carbocycles. The van der Waals surface area contributed by atoms with Crippen LogP contribution in [0.3, 0.4) is 0 Å². The van der Waals surface area contributed by atoms with Gasteiger partial charge in [-0.1, -0.05) is 25.9 Å². The van der Waals surface area contributed by atoms with E-state index in [4.69, 9.17) is 9.63 Å². The monoisotopic (exact) mass is 349 g/mol. The number of nitrogens with zero attached hydrogens (tertiary/aromatic N) is 2. The number of aromatic carboxylic acids is 1. The number of carboxylic acids is 1. The van der Waals surface area contributed by atoms with E-state index < -0.39 is 17.7 Å². The lowest BCUT2D eigenvalue weighted by molar-refractivity contribution is -0.116. The fourth-order valence-electron chi connectivity index (χ4n) is 2.03. The number of hydrogen-bond donors (Lipinski definition) is 2. The SMILES string of the molecule is CC(C)(C)c1noc(CCCC(=O)Nc2cc(C(=O)O)ccc2F)n1. The molecule has 2 rings (SSSR count). The molecule has 2 aromatic rings. The van der Waals surface area contributed by atoms with Gasteiger partial charge in [-0.05, 0) is 24.6 Å². The lowest BCUT2D eigenvalue weighted by Gasteiger charge is -2.10. The van der Waals surface area contributed by atoms with Crippen molar-refractivity contribution < 1.29 is 23.6 Å². The molecular formula is C17H20FN3O4. The van der Waals surface area contributed by atoms with Crippen LogP contribution in [0.2, 0.25) is 0 Å². The Balaban J connectivity index is 1.88. The first kappa shape index (κ1) is 18.6. The molecule has 0 bridgehead atoms. The van der Waals surface area contributed by atoms with Crippen LogP contribution in [-0.2, 0) is 16.6 Å². The van der Waals surface area contributed by atoms with Crippen LogP contribution >= 0.6 is 0 Å². The minimum atomic E-state index is -1.19. The molecule has 7 nitrogen and oxygen atoms in total. The van der Waals surface area contributed by atoms with Gasteiger partial charge in [-0.2, -0.15) is 4.98 Å². The maximum Gasteiger partial charge on any atom is 0.335 e. The largest absolute Gasteiger partial charge is 0.478 e. The zero-order valence-electron chi connectivity index (χ0n) is 14.3. The van der Waals surface area contributed by atoms with Gasteiger partial charge in [-0.3, -0.25) is 4.79 Å². The Kier molecular flexibility index (Phi) is 5.51. The van der Waals surface area contributed by atoms with Crippen molar-refractivity contribution in [1.29, 1.82) is 0 Å². The van der Waals surface area contributed by atoms with Gasteiger partial charge in [0, 0.05) is 18.3 Å². The minimum absolute atomic E-state index is 0.0998. The Morgan fingerprint density at radius 3 is 2.64 bits per heavy atom. The van der Waals surface area contributed by atoms with Crippen LogP contribution < -0.4 is 5.32 Å². The van der Waals surface area contributed by atoms with Crippen molar-refractivity contribution >= 4 is 17.6 Å². The lowest BCUT2D eigenvalue weighted by atomic mass is 9.96. The van der Waals surface area contributed by atoms with Crippen LogP contribution in [-0.4, -0.2) is 27.1 Å². The number of rotatable bonds is 6. The smallest absolute Gasteiger partial charge is 0.335 e. The molecule has 0 aliphatic heterocycles. The summed E-state index contributed by atoms with van der Waals surface area (Å²) in [5, 5.41) is 15.2. The Morgan fingerprint density at radius 1 is 1.32 bits per heavy atom. The van der Waals surface area contributed by atoms with Crippen LogP contribution in [0.1, 0.15) is 55.7 Å². The summed E-state index contributed by atoms with van der Waals surface area (Å²) in [7, 11) is 0. The van der Waals surface area contributed by atoms with E-state index in [1.165, 1.54) is 0 Å². The van der Waals surface area contributed by atoms with Gasteiger partial charge < -0.3 is 14.9 Å². The zero-order valence-corrected chi connectivity index (χ0v) is 14.3. The number of carbonyl (C=O) groups excluding carboxylic acids is 1. The van der Waals surface area contributed by atoms with Gasteiger partial charge in [-0.15, -0.1) is 0 Å². The van der Waals surface area contributed by atoms with E-state index in [1.54, 1.807) is 0 Å². The second-order valence-corrected chi connectivity index (χ2v) is 6.66. The Hall–Kier alpha value is -2.77. The van der Waals surface area contributed by atoms with Gasteiger partial charge in [-0.25, -0.2) is 9.18 Å². The number of anilines is 1. The molecule has 8 heteroatoms. The summed E-state index contributed by atoms with van der Waals surface area (Å²) >= 11 is 0. The summed E-state index contributed by atoms with van der Waals surface area (Å²) in [6, 6.07) is 3.23. The van der Waals surface area contributed by atoms with Gasteiger partial charge in [0.1, 0.15) is 5.82 Å². The first-order valence-corrected chi connectivity index (χ1v) is 7.82. The number of carboxylic acid groups (broad SMARTS) is 1. The quantitative estimate of drug-likeness (QED) is 0.830. The lowest BCUT2D eigenvalue weighted by Crippen LogP contribution is -2.14. The van der Waals surface area contributed by atoms with Crippen molar-refractivity contribution in [1.82, 2.24) is 10.1 Å². The summed E-state index contributed by atoms with van der Waals surface area (Å²) in [5.41, 5.74) is -0.471. The molecule has 2 N–H and O–H groups in total. The van der Waals surface area contributed by atoms with Gasteiger partial charge in [0.2, 0.25) is 11.8 Å². The van der Waals surface area contributed by atoms with Crippen molar-refractivity contribution in [2.75, 3.05) is 5.32 Å². The maximum absolute atomic E-state index is 13.7. The number of amides is 1. The molecule has 0 saturated heterocycles. The molecule has 1 amide bonds. The molecule has 134 valence electrons. The third-order valence-electron chi connectivity index (χ3n) is 3.42. The van der Waals surface area contributed by atoms with Crippen molar-refractivity contribution in [3.63, 3.8) is 0 Å². The molecule has 1 aromatic carbocycles. The number of aryl methyl sites for hydroxylation is 1. The van der Waals surface area contributed by atoms with E-state index in [-0.39, 0.29) is 23.1 Å². The van der Waals surface area contributed by atoms with Crippen molar-refractivity contribution in [3.8, 4) is 0 Å². The van der Waals surface area contributed by atoms with Crippen LogP contribution in [0.25, 0.3) is 0 Å².